The third kappa shape index (κ3) is 4.71. The number of anilines is 1. The van der Waals surface area contributed by atoms with Gasteiger partial charge in [0.1, 0.15) is 0 Å². The fourth-order valence-electron chi connectivity index (χ4n) is 2.53. The largest absolute Gasteiger partial charge is 0.348 e. The molecule has 0 fully saturated rings. The first-order valence-corrected chi connectivity index (χ1v) is 8.73. The predicted molar refractivity (Wildman–Crippen MR) is 106 cm³/mol. The Kier molecular flexibility index (Phi) is 5.84. The quantitative estimate of drug-likeness (QED) is 0.730. The standard InChI is InChI=1S/C21H18ClN3O2/c1-25(19-5-3-2-4-6-19)21(27)17-11-16(13-23-14-17)20(26)24-12-15-7-9-18(22)10-8-15/h2-11,13-14H,12H2,1H3,(H,24,26). The highest BCUT2D eigenvalue weighted by Gasteiger charge is 2.16. The van der Waals surface area contributed by atoms with Crippen LogP contribution < -0.4 is 10.2 Å². The Hall–Kier alpha value is -3.18. The molecular formula is C21H18ClN3O2. The fraction of sp³-hybridized carbons (Fsp3) is 0.0952. The average molecular weight is 380 g/mol. The van der Waals surface area contributed by atoms with E-state index >= 15 is 0 Å². The van der Waals surface area contributed by atoms with Gasteiger partial charge in [-0.3, -0.25) is 14.6 Å². The van der Waals surface area contributed by atoms with Gasteiger partial charge in [-0.25, -0.2) is 0 Å². The third-order valence-electron chi connectivity index (χ3n) is 4.06. The molecule has 1 aromatic heterocycles. The molecule has 3 aromatic rings. The molecule has 0 saturated heterocycles. The number of pyridine rings is 1. The van der Waals surface area contributed by atoms with Crippen LogP contribution in [-0.4, -0.2) is 23.8 Å². The summed E-state index contributed by atoms with van der Waals surface area (Å²) in [5.74, 6) is -0.532. The second kappa shape index (κ2) is 8.47. The molecule has 0 saturated carbocycles. The molecule has 5 nitrogen and oxygen atoms in total. The van der Waals surface area contributed by atoms with Gasteiger partial charge >= 0.3 is 0 Å². The lowest BCUT2D eigenvalue weighted by atomic mass is 10.1. The molecular weight excluding hydrogens is 362 g/mol. The summed E-state index contributed by atoms with van der Waals surface area (Å²) in [7, 11) is 1.69. The summed E-state index contributed by atoms with van der Waals surface area (Å²) < 4.78 is 0. The van der Waals surface area contributed by atoms with Crippen LogP contribution in [0.15, 0.2) is 73.1 Å². The molecule has 0 spiro atoms. The third-order valence-corrected chi connectivity index (χ3v) is 4.31. The van der Waals surface area contributed by atoms with Crippen molar-refractivity contribution in [3.8, 4) is 0 Å². The van der Waals surface area contributed by atoms with Gasteiger partial charge < -0.3 is 10.2 Å². The molecule has 0 aliphatic heterocycles. The van der Waals surface area contributed by atoms with Crippen molar-refractivity contribution in [3.05, 3.63) is 94.8 Å². The van der Waals surface area contributed by atoms with Crippen LogP contribution in [0.5, 0.6) is 0 Å². The monoisotopic (exact) mass is 379 g/mol. The van der Waals surface area contributed by atoms with E-state index in [4.69, 9.17) is 11.6 Å². The first-order chi connectivity index (χ1) is 13.0. The molecule has 6 heteroatoms. The van der Waals surface area contributed by atoms with Crippen LogP contribution >= 0.6 is 11.6 Å². The van der Waals surface area contributed by atoms with Crippen molar-refractivity contribution in [2.45, 2.75) is 6.54 Å². The van der Waals surface area contributed by atoms with Crippen LogP contribution in [0.2, 0.25) is 5.02 Å². The number of halogens is 1. The topological polar surface area (TPSA) is 62.3 Å². The first-order valence-electron chi connectivity index (χ1n) is 8.35. The molecule has 136 valence electrons. The Morgan fingerprint density at radius 3 is 2.37 bits per heavy atom. The van der Waals surface area contributed by atoms with Crippen molar-refractivity contribution in [2.75, 3.05) is 11.9 Å². The number of amides is 2. The SMILES string of the molecule is CN(C(=O)c1cncc(C(=O)NCc2ccc(Cl)cc2)c1)c1ccccc1. The number of benzene rings is 2. The molecule has 1 heterocycles. The lowest BCUT2D eigenvalue weighted by Gasteiger charge is -2.17. The lowest BCUT2D eigenvalue weighted by Crippen LogP contribution is -2.27. The molecule has 3 rings (SSSR count). The van der Waals surface area contributed by atoms with Crippen LogP contribution in [0, 0.1) is 0 Å². The zero-order chi connectivity index (χ0) is 19.2. The van der Waals surface area contributed by atoms with Crippen molar-refractivity contribution in [2.24, 2.45) is 0 Å². The second-order valence-corrected chi connectivity index (χ2v) is 6.41. The van der Waals surface area contributed by atoms with Gasteiger partial charge in [0.2, 0.25) is 0 Å². The molecule has 0 aliphatic carbocycles. The van der Waals surface area contributed by atoms with Gasteiger partial charge in [-0.2, -0.15) is 0 Å². The summed E-state index contributed by atoms with van der Waals surface area (Å²) >= 11 is 5.86. The highest BCUT2D eigenvalue weighted by molar-refractivity contribution is 6.30. The van der Waals surface area contributed by atoms with Crippen LogP contribution in [0.25, 0.3) is 0 Å². The zero-order valence-electron chi connectivity index (χ0n) is 14.7. The lowest BCUT2D eigenvalue weighted by molar-refractivity contribution is 0.0950. The molecule has 2 amide bonds. The van der Waals surface area contributed by atoms with Gasteiger partial charge in [0.05, 0.1) is 11.1 Å². The summed E-state index contributed by atoms with van der Waals surface area (Å²) in [5, 5.41) is 3.46. The van der Waals surface area contributed by atoms with E-state index in [2.05, 4.69) is 10.3 Å². The van der Waals surface area contributed by atoms with Crippen molar-refractivity contribution < 1.29 is 9.59 Å². The number of para-hydroxylation sites is 1. The Bertz CT molecular complexity index is 943. The maximum Gasteiger partial charge on any atom is 0.259 e. The molecule has 0 radical (unpaired) electrons. The van der Waals surface area contributed by atoms with Gasteiger partial charge in [0.15, 0.2) is 0 Å². The summed E-state index contributed by atoms with van der Waals surface area (Å²) in [4.78, 5) is 30.6. The fourth-order valence-corrected chi connectivity index (χ4v) is 2.66. The highest BCUT2D eigenvalue weighted by atomic mass is 35.5. The van der Waals surface area contributed by atoms with Crippen molar-refractivity contribution in [3.63, 3.8) is 0 Å². The van der Waals surface area contributed by atoms with Crippen LogP contribution in [0.3, 0.4) is 0 Å². The second-order valence-electron chi connectivity index (χ2n) is 5.97. The average Bonchev–Trinajstić information content (AvgIpc) is 2.72. The maximum atomic E-state index is 12.7. The number of nitrogens with zero attached hydrogens (tertiary/aromatic N) is 2. The van der Waals surface area contributed by atoms with Crippen LogP contribution in [0.1, 0.15) is 26.3 Å². The molecule has 0 atom stereocenters. The number of carbonyl (C=O) groups is 2. The summed E-state index contributed by atoms with van der Waals surface area (Å²) in [6, 6.07) is 18.1. The van der Waals surface area contributed by atoms with E-state index in [1.54, 1.807) is 25.2 Å². The smallest absolute Gasteiger partial charge is 0.259 e. The highest BCUT2D eigenvalue weighted by Crippen LogP contribution is 2.15. The van der Waals surface area contributed by atoms with Gasteiger partial charge in [0.25, 0.3) is 11.8 Å². The van der Waals surface area contributed by atoms with Crippen molar-refractivity contribution in [1.82, 2.24) is 10.3 Å². The number of hydrogen-bond donors (Lipinski definition) is 1. The summed E-state index contributed by atoms with van der Waals surface area (Å²) in [6.45, 7) is 0.359. The Morgan fingerprint density at radius 2 is 1.67 bits per heavy atom. The minimum atomic E-state index is -0.297. The Balaban J connectivity index is 1.70. The summed E-state index contributed by atoms with van der Waals surface area (Å²) in [6.07, 6.45) is 2.90. The van der Waals surface area contributed by atoms with Crippen molar-refractivity contribution in [1.29, 1.82) is 0 Å². The number of nitrogens with one attached hydrogen (secondary N) is 1. The van der Waals surface area contributed by atoms with Gasteiger partial charge in [-0.05, 0) is 35.9 Å². The van der Waals surface area contributed by atoms with Gasteiger partial charge in [-0.1, -0.05) is 41.9 Å². The molecule has 1 N–H and O–H groups in total. The van der Waals surface area contributed by atoms with E-state index in [1.807, 2.05) is 42.5 Å². The van der Waals surface area contributed by atoms with Crippen molar-refractivity contribution >= 4 is 29.1 Å². The minimum Gasteiger partial charge on any atom is -0.348 e. The zero-order valence-corrected chi connectivity index (χ0v) is 15.5. The Labute approximate surface area is 162 Å². The van der Waals surface area contributed by atoms with Gasteiger partial charge in [0, 0.05) is 36.7 Å². The number of hydrogen-bond acceptors (Lipinski definition) is 3. The number of aromatic nitrogens is 1. The summed E-state index contributed by atoms with van der Waals surface area (Å²) in [5.41, 5.74) is 2.37. The first kappa shape index (κ1) is 18.6. The number of rotatable bonds is 5. The van der Waals surface area contributed by atoms with Gasteiger partial charge in [-0.15, -0.1) is 0 Å². The minimum absolute atomic E-state index is 0.235. The predicted octanol–water partition coefficient (Wildman–Crippen LogP) is 3.94. The van der Waals surface area contributed by atoms with E-state index in [1.165, 1.54) is 17.3 Å². The van der Waals surface area contributed by atoms with Crippen LogP contribution in [-0.2, 0) is 6.54 Å². The van der Waals surface area contributed by atoms with E-state index in [9.17, 15) is 9.59 Å². The molecule has 0 aliphatic rings. The maximum absolute atomic E-state index is 12.7. The molecule has 2 aromatic carbocycles. The van der Waals surface area contributed by atoms with E-state index in [0.717, 1.165) is 11.3 Å². The van der Waals surface area contributed by atoms with E-state index < -0.39 is 0 Å². The molecule has 0 bridgehead atoms. The molecule has 27 heavy (non-hydrogen) atoms. The number of carbonyl (C=O) groups excluding carboxylic acids is 2. The molecule has 0 unspecified atom stereocenters. The van der Waals surface area contributed by atoms with E-state index in [-0.39, 0.29) is 11.8 Å². The van der Waals surface area contributed by atoms with E-state index in [0.29, 0.717) is 22.7 Å². The normalized spacial score (nSPS) is 10.3. The van der Waals surface area contributed by atoms with Crippen LogP contribution in [0.4, 0.5) is 5.69 Å². The Morgan fingerprint density at radius 1 is 1.00 bits per heavy atom.